The number of nitrogens with zero attached hydrogens (tertiary/aromatic N) is 1. The summed E-state index contributed by atoms with van der Waals surface area (Å²) in [6.07, 6.45) is 5.39. The summed E-state index contributed by atoms with van der Waals surface area (Å²) >= 11 is 5.87. The van der Waals surface area contributed by atoms with Gasteiger partial charge in [0.15, 0.2) is 0 Å². The number of carbonyl (C=O) groups excluding carboxylic acids is 1. The van der Waals surface area contributed by atoms with Crippen molar-refractivity contribution in [1.82, 2.24) is 10.2 Å². The average molecular weight is 307 g/mol. The molecule has 1 aromatic carbocycles. The van der Waals surface area contributed by atoms with E-state index in [0.717, 1.165) is 42.4 Å². The number of piperidine rings is 1. The van der Waals surface area contributed by atoms with Crippen molar-refractivity contribution in [3.63, 3.8) is 0 Å². The van der Waals surface area contributed by atoms with Crippen LogP contribution in [0.3, 0.4) is 0 Å². The molecular formula is C17H23ClN2O. The lowest BCUT2D eigenvalue weighted by Crippen LogP contribution is -2.43. The van der Waals surface area contributed by atoms with Crippen molar-refractivity contribution in [2.24, 2.45) is 5.92 Å². The molecule has 3 rings (SSSR count). The van der Waals surface area contributed by atoms with E-state index in [-0.39, 0.29) is 5.91 Å². The number of benzene rings is 1. The Bertz CT molecular complexity index is 474. The number of likely N-dealkylation sites (tertiary alicyclic amines) is 1. The zero-order valence-electron chi connectivity index (χ0n) is 12.4. The normalized spacial score (nSPS) is 23.5. The maximum atomic E-state index is 12.4. The number of nitrogens with one attached hydrogen (secondary N) is 1. The lowest BCUT2D eigenvalue weighted by molar-refractivity contribution is -0.132. The van der Waals surface area contributed by atoms with E-state index in [9.17, 15) is 4.79 Å². The molecule has 0 saturated carbocycles. The molecule has 0 bridgehead atoms. The van der Waals surface area contributed by atoms with Gasteiger partial charge in [0.05, 0.1) is 6.42 Å². The molecule has 2 aliphatic heterocycles. The minimum Gasteiger partial charge on any atom is -0.342 e. The van der Waals surface area contributed by atoms with Crippen molar-refractivity contribution in [1.29, 1.82) is 0 Å². The Labute approximate surface area is 131 Å². The van der Waals surface area contributed by atoms with Gasteiger partial charge in [-0.1, -0.05) is 23.7 Å². The third-order valence-electron chi connectivity index (χ3n) is 4.83. The zero-order chi connectivity index (χ0) is 14.7. The summed E-state index contributed by atoms with van der Waals surface area (Å²) in [7, 11) is 0. The van der Waals surface area contributed by atoms with Crippen molar-refractivity contribution in [2.45, 2.75) is 38.1 Å². The van der Waals surface area contributed by atoms with E-state index in [1.54, 1.807) is 0 Å². The second-order valence-electron chi connectivity index (χ2n) is 6.22. The molecule has 2 fully saturated rings. The third kappa shape index (κ3) is 3.78. The Morgan fingerprint density at radius 2 is 1.90 bits per heavy atom. The van der Waals surface area contributed by atoms with E-state index >= 15 is 0 Å². The van der Waals surface area contributed by atoms with E-state index in [1.165, 1.54) is 19.4 Å². The van der Waals surface area contributed by atoms with Gasteiger partial charge in [0, 0.05) is 24.2 Å². The summed E-state index contributed by atoms with van der Waals surface area (Å²) < 4.78 is 0. The zero-order valence-corrected chi connectivity index (χ0v) is 13.1. The monoisotopic (exact) mass is 306 g/mol. The highest BCUT2D eigenvalue weighted by Gasteiger charge is 2.29. The smallest absolute Gasteiger partial charge is 0.226 e. The molecule has 1 atom stereocenters. The standard InChI is InChI=1S/C17H23ClN2O/c18-15-5-3-13(4-6-15)12-17(21)20-10-7-14(8-11-20)16-2-1-9-19-16/h3-6,14,16,19H,1-2,7-12H2. The molecule has 0 aromatic heterocycles. The Morgan fingerprint density at radius 3 is 2.52 bits per heavy atom. The van der Waals surface area contributed by atoms with E-state index in [2.05, 4.69) is 5.32 Å². The van der Waals surface area contributed by atoms with Gasteiger partial charge in [-0.05, 0) is 55.8 Å². The van der Waals surface area contributed by atoms with Gasteiger partial charge in [-0.25, -0.2) is 0 Å². The van der Waals surface area contributed by atoms with Crippen molar-refractivity contribution < 1.29 is 4.79 Å². The number of hydrogen-bond acceptors (Lipinski definition) is 2. The van der Waals surface area contributed by atoms with Crippen LogP contribution >= 0.6 is 11.6 Å². The van der Waals surface area contributed by atoms with E-state index in [4.69, 9.17) is 11.6 Å². The topological polar surface area (TPSA) is 32.3 Å². The van der Waals surface area contributed by atoms with Gasteiger partial charge in [-0.15, -0.1) is 0 Å². The maximum absolute atomic E-state index is 12.4. The fraction of sp³-hybridized carbons (Fsp3) is 0.588. The molecule has 1 aromatic rings. The van der Waals surface area contributed by atoms with Crippen molar-refractivity contribution >= 4 is 17.5 Å². The minimum absolute atomic E-state index is 0.246. The fourth-order valence-electron chi connectivity index (χ4n) is 3.55. The van der Waals surface area contributed by atoms with Crippen LogP contribution in [0.15, 0.2) is 24.3 Å². The molecule has 21 heavy (non-hydrogen) atoms. The van der Waals surface area contributed by atoms with Crippen molar-refractivity contribution in [3.8, 4) is 0 Å². The molecule has 1 amide bonds. The van der Waals surface area contributed by atoms with Crippen LogP contribution in [0.1, 0.15) is 31.2 Å². The molecule has 4 heteroatoms. The van der Waals surface area contributed by atoms with Gasteiger partial charge in [0.25, 0.3) is 0 Å². The van der Waals surface area contributed by atoms with Crippen LogP contribution in [0, 0.1) is 5.92 Å². The van der Waals surface area contributed by atoms with Crippen LogP contribution in [0.5, 0.6) is 0 Å². The number of carbonyl (C=O) groups is 1. The molecule has 1 unspecified atom stereocenters. The molecule has 2 aliphatic rings. The van der Waals surface area contributed by atoms with Gasteiger partial charge in [0.2, 0.25) is 5.91 Å². The third-order valence-corrected chi connectivity index (χ3v) is 5.08. The summed E-state index contributed by atoms with van der Waals surface area (Å²) in [6.45, 7) is 2.99. The molecule has 3 nitrogen and oxygen atoms in total. The average Bonchev–Trinajstić information content (AvgIpc) is 3.04. The highest BCUT2D eigenvalue weighted by Crippen LogP contribution is 2.26. The van der Waals surface area contributed by atoms with E-state index in [1.807, 2.05) is 29.2 Å². The summed E-state index contributed by atoms with van der Waals surface area (Å²) in [6, 6.07) is 8.27. The largest absolute Gasteiger partial charge is 0.342 e. The van der Waals surface area contributed by atoms with Crippen LogP contribution in [0.25, 0.3) is 0 Å². The maximum Gasteiger partial charge on any atom is 0.226 e. The Balaban J connectivity index is 1.49. The number of rotatable bonds is 3. The minimum atomic E-state index is 0.246. The van der Waals surface area contributed by atoms with Gasteiger partial charge in [-0.2, -0.15) is 0 Å². The van der Waals surface area contributed by atoms with Crippen molar-refractivity contribution in [2.75, 3.05) is 19.6 Å². The van der Waals surface area contributed by atoms with Crippen LogP contribution in [-0.2, 0) is 11.2 Å². The Morgan fingerprint density at radius 1 is 1.19 bits per heavy atom. The first kappa shape index (κ1) is 14.9. The predicted octanol–water partition coefficient (Wildman–Crippen LogP) is 2.87. The van der Waals surface area contributed by atoms with Gasteiger partial charge in [0.1, 0.15) is 0 Å². The summed E-state index contributed by atoms with van der Waals surface area (Å²) in [5.74, 6) is 1.00. The van der Waals surface area contributed by atoms with Crippen LogP contribution in [-0.4, -0.2) is 36.5 Å². The number of amides is 1. The fourth-order valence-corrected chi connectivity index (χ4v) is 3.68. The van der Waals surface area contributed by atoms with Crippen molar-refractivity contribution in [3.05, 3.63) is 34.9 Å². The highest BCUT2D eigenvalue weighted by molar-refractivity contribution is 6.30. The lowest BCUT2D eigenvalue weighted by Gasteiger charge is -2.35. The second-order valence-corrected chi connectivity index (χ2v) is 6.66. The van der Waals surface area contributed by atoms with Crippen LogP contribution < -0.4 is 5.32 Å². The molecule has 0 spiro atoms. The first-order valence-corrected chi connectivity index (χ1v) is 8.36. The second kappa shape index (κ2) is 6.80. The van der Waals surface area contributed by atoms with Gasteiger partial charge < -0.3 is 10.2 Å². The quantitative estimate of drug-likeness (QED) is 0.931. The molecule has 2 heterocycles. The predicted molar refractivity (Wildman–Crippen MR) is 85.5 cm³/mol. The van der Waals surface area contributed by atoms with Gasteiger partial charge in [-0.3, -0.25) is 4.79 Å². The SMILES string of the molecule is O=C(Cc1ccc(Cl)cc1)N1CCC(C2CCCN2)CC1. The summed E-state index contributed by atoms with van der Waals surface area (Å²) in [5.41, 5.74) is 1.05. The molecule has 1 N–H and O–H groups in total. The summed E-state index contributed by atoms with van der Waals surface area (Å²) in [4.78, 5) is 14.4. The number of hydrogen-bond donors (Lipinski definition) is 1. The molecular weight excluding hydrogens is 284 g/mol. The van der Waals surface area contributed by atoms with Crippen LogP contribution in [0.4, 0.5) is 0 Å². The Kier molecular flexibility index (Phi) is 4.81. The highest BCUT2D eigenvalue weighted by atomic mass is 35.5. The molecule has 2 saturated heterocycles. The first-order valence-electron chi connectivity index (χ1n) is 7.98. The number of halogens is 1. The van der Waals surface area contributed by atoms with Gasteiger partial charge >= 0.3 is 0 Å². The lowest BCUT2D eigenvalue weighted by atomic mass is 9.88. The van der Waals surface area contributed by atoms with E-state index in [0.29, 0.717) is 12.5 Å². The first-order chi connectivity index (χ1) is 10.2. The summed E-state index contributed by atoms with van der Waals surface area (Å²) in [5, 5.41) is 4.32. The van der Waals surface area contributed by atoms with Crippen LogP contribution in [0.2, 0.25) is 5.02 Å². The van der Waals surface area contributed by atoms with E-state index < -0.39 is 0 Å². The molecule has 0 aliphatic carbocycles. The Hall–Kier alpha value is -1.06. The molecule has 114 valence electrons. The molecule has 0 radical (unpaired) electrons.